The summed E-state index contributed by atoms with van der Waals surface area (Å²) < 4.78 is 5.43. The number of aryl methyl sites for hydroxylation is 1. The zero-order chi connectivity index (χ0) is 30.2. The molecule has 13 nitrogen and oxygen atoms in total. The van der Waals surface area contributed by atoms with Crippen molar-refractivity contribution < 1.29 is 33.9 Å². The summed E-state index contributed by atoms with van der Waals surface area (Å²) in [6.07, 6.45) is -2.95. The van der Waals surface area contributed by atoms with E-state index in [4.69, 9.17) is 4.74 Å². The maximum atomic E-state index is 13.7. The number of nitrogens with zero attached hydrogens (tertiary/aromatic N) is 3. The third-order valence-electron chi connectivity index (χ3n) is 6.56. The highest BCUT2D eigenvalue weighted by molar-refractivity contribution is 5.96. The van der Waals surface area contributed by atoms with E-state index in [1.165, 1.54) is 18.2 Å². The molecule has 218 valence electrons. The quantitative estimate of drug-likeness (QED) is 0.253. The van der Waals surface area contributed by atoms with Crippen LogP contribution in [-0.4, -0.2) is 63.1 Å². The first-order valence-electron chi connectivity index (χ1n) is 13.0. The van der Waals surface area contributed by atoms with E-state index in [0.29, 0.717) is 11.3 Å². The Kier molecular flexibility index (Phi) is 9.32. The number of non-ortho nitro benzene ring substituents is 1. The number of nitro benzene ring substituents is 1. The second kappa shape index (κ2) is 13.3. The van der Waals surface area contributed by atoms with Gasteiger partial charge < -0.3 is 20.5 Å². The third-order valence-corrected chi connectivity index (χ3v) is 6.56. The molecule has 0 aliphatic carbocycles. The van der Waals surface area contributed by atoms with Crippen LogP contribution in [0.3, 0.4) is 0 Å². The first kappa shape index (κ1) is 29.5. The molecule has 4 amide bonds. The number of hydrogen-bond donors (Lipinski definition) is 3. The maximum Gasteiger partial charge on any atom is 0.412 e. The van der Waals surface area contributed by atoms with E-state index < -0.39 is 47.6 Å². The molecule has 1 heterocycles. The molecule has 2 atom stereocenters. The van der Waals surface area contributed by atoms with Gasteiger partial charge in [-0.2, -0.15) is 0 Å². The van der Waals surface area contributed by atoms with Gasteiger partial charge in [0.15, 0.2) is 6.17 Å². The number of amides is 4. The van der Waals surface area contributed by atoms with E-state index in [9.17, 15) is 34.4 Å². The van der Waals surface area contributed by atoms with Crippen molar-refractivity contribution in [1.82, 2.24) is 15.1 Å². The summed E-state index contributed by atoms with van der Waals surface area (Å²) in [6.45, 7) is 1.72. The second-order valence-electron chi connectivity index (χ2n) is 9.61. The summed E-state index contributed by atoms with van der Waals surface area (Å²) in [6, 6.07) is 19.3. The Labute approximate surface area is 240 Å². The minimum Gasteiger partial charge on any atom is -0.481 e. The van der Waals surface area contributed by atoms with Crippen molar-refractivity contribution in [3.8, 4) is 0 Å². The molecular weight excluding hydrogens is 546 g/mol. The number of carbonyl (C=O) groups excluding carboxylic acids is 3. The number of nitrogens with one attached hydrogen (secondary N) is 2. The number of urea groups is 1. The predicted molar refractivity (Wildman–Crippen MR) is 150 cm³/mol. The molecule has 3 N–H and O–H groups in total. The highest BCUT2D eigenvalue weighted by Gasteiger charge is 2.44. The second-order valence-corrected chi connectivity index (χ2v) is 9.61. The highest BCUT2D eigenvalue weighted by atomic mass is 16.6. The largest absolute Gasteiger partial charge is 0.481 e. The molecule has 3 aromatic rings. The van der Waals surface area contributed by atoms with E-state index in [-0.39, 0.29) is 30.9 Å². The third kappa shape index (κ3) is 7.38. The summed E-state index contributed by atoms with van der Waals surface area (Å²) in [5, 5.41) is 26.1. The van der Waals surface area contributed by atoms with Crippen LogP contribution in [0.2, 0.25) is 0 Å². The molecule has 0 bridgehead atoms. The molecule has 0 radical (unpaired) electrons. The molecule has 1 fully saturated rings. The smallest absolute Gasteiger partial charge is 0.412 e. The van der Waals surface area contributed by atoms with Gasteiger partial charge in [0.25, 0.3) is 11.6 Å². The lowest BCUT2D eigenvalue weighted by molar-refractivity contribution is -0.384. The Hall–Kier alpha value is -5.46. The number of anilines is 1. The van der Waals surface area contributed by atoms with Crippen molar-refractivity contribution in [3.05, 3.63) is 106 Å². The van der Waals surface area contributed by atoms with Gasteiger partial charge in [0.2, 0.25) is 0 Å². The lowest BCUT2D eigenvalue weighted by atomic mass is 10.0. The van der Waals surface area contributed by atoms with Gasteiger partial charge in [-0.05, 0) is 35.7 Å². The van der Waals surface area contributed by atoms with Crippen molar-refractivity contribution in [2.24, 2.45) is 0 Å². The van der Waals surface area contributed by atoms with E-state index >= 15 is 0 Å². The van der Waals surface area contributed by atoms with Crippen LogP contribution in [-0.2, 0) is 20.9 Å². The Bertz CT molecular complexity index is 1480. The summed E-state index contributed by atoms with van der Waals surface area (Å²) in [7, 11) is 0. The van der Waals surface area contributed by atoms with Crippen molar-refractivity contribution in [1.29, 1.82) is 0 Å². The molecule has 3 aromatic carbocycles. The normalized spacial score (nSPS) is 15.0. The van der Waals surface area contributed by atoms with Crippen molar-refractivity contribution in [2.45, 2.75) is 32.2 Å². The molecule has 1 saturated heterocycles. The van der Waals surface area contributed by atoms with E-state index in [2.05, 4.69) is 10.6 Å². The zero-order valence-corrected chi connectivity index (χ0v) is 22.6. The summed E-state index contributed by atoms with van der Waals surface area (Å²) in [4.78, 5) is 64.8. The van der Waals surface area contributed by atoms with Gasteiger partial charge in [0.1, 0.15) is 6.61 Å². The van der Waals surface area contributed by atoms with Crippen molar-refractivity contribution in [3.63, 3.8) is 0 Å². The average Bonchev–Trinajstić information content (AvgIpc) is 3.42. The van der Waals surface area contributed by atoms with Gasteiger partial charge in [0, 0.05) is 30.9 Å². The summed E-state index contributed by atoms with van der Waals surface area (Å²) >= 11 is 0. The number of rotatable bonds is 9. The first-order valence-corrected chi connectivity index (χ1v) is 13.0. The molecule has 0 spiro atoms. The molecule has 2 unspecified atom stereocenters. The van der Waals surface area contributed by atoms with Crippen LogP contribution in [0.25, 0.3) is 0 Å². The first-order chi connectivity index (χ1) is 20.1. The van der Waals surface area contributed by atoms with E-state index in [0.717, 1.165) is 21.4 Å². The molecule has 1 aliphatic rings. The number of aliphatic carboxylic acids is 1. The Morgan fingerprint density at radius 1 is 1.00 bits per heavy atom. The van der Waals surface area contributed by atoms with Crippen LogP contribution in [0.1, 0.15) is 29.2 Å². The minimum atomic E-state index is -1.49. The van der Waals surface area contributed by atoms with Gasteiger partial charge in [-0.15, -0.1) is 0 Å². The summed E-state index contributed by atoms with van der Waals surface area (Å²) in [5.41, 5.74) is 1.97. The Balaban J connectivity index is 1.60. The van der Waals surface area contributed by atoms with Crippen LogP contribution in [0.15, 0.2) is 78.9 Å². The van der Waals surface area contributed by atoms with Crippen molar-refractivity contribution >= 4 is 35.4 Å². The molecule has 1 aliphatic heterocycles. The van der Waals surface area contributed by atoms with Crippen LogP contribution in [0.5, 0.6) is 0 Å². The average molecular weight is 576 g/mol. The number of carbonyl (C=O) groups is 4. The standard InChI is InChI=1S/C29H29N5O8/c1-19-7-5-11-22(15-19)30-28(38)32-13-14-33(29(39)42-18-20-8-3-2-4-9-20)27(32)26(37)31-24(17-25(35)36)21-10-6-12-23(16-21)34(40)41/h2-12,15-16,24,27H,13-14,17-18H2,1H3,(H,30,38)(H,31,37)(H,35,36). The van der Waals surface area contributed by atoms with Crippen LogP contribution >= 0.6 is 0 Å². The fourth-order valence-corrected chi connectivity index (χ4v) is 4.56. The van der Waals surface area contributed by atoms with Gasteiger partial charge in [-0.1, -0.05) is 54.6 Å². The van der Waals surface area contributed by atoms with Gasteiger partial charge in [-0.3, -0.25) is 29.5 Å². The number of benzene rings is 3. The Morgan fingerprint density at radius 2 is 1.71 bits per heavy atom. The molecule has 0 aromatic heterocycles. The Morgan fingerprint density at radius 3 is 2.40 bits per heavy atom. The number of nitro groups is 1. The SMILES string of the molecule is Cc1cccc(NC(=O)N2CCN(C(=O)OCc3ccccc3)C2C(=O)NC(CC(=O)O)c2cccc([N+](=O)[O-])c2)c1. The van der Waals surface area contributed by atoms with E-state index in [1.54, 1.807) is 42.5 Å². The van der Waals surface area contributed by atoms with Gasteiger partial charge in [-0.25, -0.2) is 9.59 Å². The summed E-state index contributed by atoms with van der Waals surface area (Å²) in [5.74, 6) is -2.13. The van der Waals surface area contributed by atoms with Gasteiger partial charge >= 0.3 is 18.1 Å². The fraction of sp³-hybridized carbons (Fsp3) is 0.241. The van der Waals surface area contributed by atoms with Gasteiger partial charge in [0.05, 0.1) is 17.4 Å². The number of carboxylic acids is 1. The highest BCUT2D eigenvalue weighted by Crippen LogP contribution is 2.25. The maximum absolute atomic E-state index is 13.7. The predicted octanol–water partition coefficient (Wildman–Crippen LogP) is 4.05. The number of ether oxygens (including phenoxy) is 1. The lowest BCUT2D eigenvalue weighted by Crippen LogP contribution is -2.55. The molecule has 4 rings (SSSR count). The van der Waals surface area contributed by atoms with Crippen LogP contribution < -0.4 is 10.6 Å². The topological polar surface area (TPSA) is 171 Å². The fourth-order valence-electron chi connectivity index (χ4n) is 4.56. The molecule has 13 heteroatoms. The van der Waals surface area contributed by atoms with E-state index in [1.807, 2.05) is 19.1 Å². The molecule has 0 saturated carbocycles. The molecular formula is C29H29N5O8. The number of hydrogen-bond acceptors (Lipinski definition) is 7. The number of carboxylic acid groups (broad SMARTS) is 1. The minimum absolute atomic E-state index is 0.0173. The van der Waals surface area contributed by atoms with Crippen molar-refractivity contribution in [2.75, 3.05) is 18.4 Å². The lowest BCUT2D eigenvalue weighted by Gasteiger charge is -2.30. The zero-order valence-electron chi connectivity index (χ0n) is 22.6. The van der Waals surface area contributed by atoms with Crippen LogP contribution in [0, 0.1) is 17.0 Å². The molecule has 42 heavy (non-hydrogen) atoms. The monoisotopic (exact) mass is 575 g/mol. The van der Waals surface area contributed by atoms with Crippen LogP contribution in [0.4, 0.5) is 21.0 Å².